The number of rotatable bonds is 5. The molecule has 8 aromatic carbocycles. The molecule has 0 spiro atoms. The molecule has 9 aromatic rings. The molecule has 0 amide bonds. The molecule has 0 unspecified atom stereocenters. The van der Waals surface area contributed by atoms with Crippen molar-refractivity contribution in [1.29, 1.82) is 0 Å². The van der Waals surface area contributed by atoms with Crippen LogP contribution >= 0.6 is 11.3 Å². The lowest BCUT2D eigenvalue weighted by Crippen LogP contribution is -2.10. The molecule has 1 aromatic heterocycles. The summed E-state index contributed by atoms with van der Waals surface area (Å²) in [6.07, 6.45) is 0. The van der Waals surface area contributed by atoms with Gasteiger partial charge in [0.1, 0.15) is 0 Å². The summed E-state index contributed by atoms with van der Waals surface area (Å²) in [6.45, 7) is 0. The molecule has 0 fully saturated rings. The molecule has 0 saturated heterocycles. The normalized spacial score (nSPS) is 11.5. The zero-order valence-corrected chi connectivity index (χ0v) is 25.9. The van der Waals surface area contributed by atoms with Gasteiger partial charge in [-0.1, -0.05) is 146 Å². The van der Waals surface area contributed by atoms with Crippen molar-refractivity contribution in [2.75, 3.05) is 4.90 Å². The Kier molecular flexibility index (Phi) is 6.40. The standard InChI is InChI=1S/C44H29NS/c1-3-13-30(14-4-1)36-21-11-23-40-41-24-12-22-37(44(41)46-43(36)40)31-25-27-34(28-26-31)45(33-16-5-2-6-17-33)42-29-32-15-7-8-18-35(32)38-19-9-10-20-39(38)42/h1-29H. The Morgan fingerprint density at radius 3 is 1.52 bits per heavy atom. The highest BCUT2D eigenvalue weighted by atomic mass is 32.1. The minimum atomic E-state index is 1.13. The quantitative estimate of drug-likeness (QED) is 0.177. The number of para-hydroxylation sites is 1. The average Bonchev–Trinajstić information content (AvgIpc) is 3.52. The summed E-state index contributed by atoms with van der Waals surface area (Å²) in [5.41, 5.74) is 8.48. The van der Waals surface area contributed by atoms with Gasteiger partial charge in [-0.2, -0.15) is 0 Å². The van der Waals surface area contributed by atoms with Crippen LogP contribution in [0.5, 0.6) is 0 Å². The van der Waals surface area contributed by atoms with E-state index in [1.165, 1.54) is 69.7 Å². The lowest BCUT2D eigenvalue weighted by molar-refractivity contribution is 1.30. The van der Waals surface area contributed by atoms with E-state index in [2.05, 4.69) is 181 Å². The van der Waals surface area contributed by atoms with Gasteiger partial charge < -0.3 is 4.90 Å². The molecule has 46 heavy (non-hydrogen) atoms. The molecule has 2 heteroatoms. The van der Waals surface area contributed by atoms with E-state index in [4.69, 9.17) is 0 Å². The van der Waals surface area contributed by atoms with Crippen molar-refractivity contribution >= 4 is 70.1 Å². The summed E-state index contributed by atoms with van der Waals surface area (Å²) in [5.74, 6) is 0. The second-order valence-corrected chi connectivity index (χ2v) is 12.7. The summed E-state index contributed by atoms with van der Waals surface area (Å²) in [6, 6.07) is 63.8. The van der Waals surface area contributed by atoms with E-state index < -0.39 is 0 Å². The first-order valence-electron chi connectivity index (χ1n) is 15.7. The fourth-order valence-electron chi connectivity index (χ4n) is 6.91. The fraction of sp³-hybridized carbons (Fsp3) is 0. The van der Waals surface area contributed by atoms with E-state index in [0.717, 1.165) is 11.4 Å². The van der Waals surface area contributed by atoms with Crippen LogP contribution in [0.2, 0.25) is 0 Å². The van der Waals surface area contributed by atoms with Crippen molar-refractivity contribution in [1.82, 2.24) is 0 Å². The maximum Gasteiger partial charge on any atom is 0.0546 e. The molecule has 0 aliphatic heterocycles. The van der Waals surface area contributed by atoms with Crippen molar-refractivity contribution in [3.63, 3.8) is 0 Å². The predicted molar refractivity (Wildman–Crippen MR) is 200 cm³/mol. The number of hydrogen-bond donors (Lipinski definition) is 0. The first-order valence-corrected chi connectivity index (χ1v) is 16.5. The molecule has 0 saturated carbocycles. The van der Waals surface area contributed by atoms with Crippen LogP contribution in [-0.4, -0.2) is 0 Å². The van der Waals surface area contributed by atoms with Crippen LogP contribution in [0.3, 0.4) is 0 Å². The van der Waals surface area contributed by atoms with E-state index >= 15 is 0 Å². The van der Waals surface area contributed by atoms with Gasteiger partial charge in [0.25, 0.3) is 0 Å². The van der Waals surface area contributed by atoms with Crippen LogP contribution in [0, 0.1) is 0 Å². The summed E-state index contributed by atoms with van der Waals surface area (Å²) >= 11 is 1.90. The Morgan fingerprint density at radius 2 is 0.848 bits per heavy atom. The second-order valence-electron chi connectivity index (χ2n) is 11.7. The second kappa shape index (κ2) is 11.0. The Labute approximate surface area is 272 Å². The Balaban J connectivity index is 1.20. The maximum absolute atomic E-state index is 2.39. The van der Waals surface area contributed by atoms with Gasteiger partial charge in [0, 0.05) is 36.9 Å². The molecule has 216 valence electrons. The Bertz CT molecular complexity index is 2510. The number of fused-ring (bicyclic) bond motifs is 6. The zero-order chi connectivity index (χ0) is 30.5. The number of thiophene rings is 1. The minimum absolute atomic E-state index is 1.13. The highest BCUT2D eigenvalue weighted by Crippen LogP contribution is 2.45. The third-order valence-electron chi connectivity index (χ3n) is 9.05. The maximum atomic E-state index is 2.39. The van der Waals surface area contributed by atoms with Crippen molar-refractivity contribution in [2.24, 2.45) is 0 Å². The molecule has 0 aliphatic carbocycles. The average molecular weight is 604 g/mol. The van der Waals surface area contributed by atoms with Crippen LogP contribution in [0.25, 0.3) is 64.0 Å². The van der Waals surface area contributed by atoms with E-state index in [0.29, 0.717) is 0 Å². The van der Waals surface area contributed by atoms with Gasteiger partial charge in [0.15, 0.2) is 0 Å². The summed E-state index contributed by atoms with van der Waals surface area (Å²) in [5, 5.41) is 7.64. The van der Waals surface area contributed by atoms with Crippen molar-refractivity contribution in [3.8, 4) is 22.3 Å². The van der Waals surface area contributed by atoms with Crippen LogP contribution in [0.4, 0.5) is 17.1 Å². The Morgan fingerprint density at radius 1 is 0.348 bits per heavy atom. The van der Waals surface area contributed by atoms with Gasteiger partial charge in [-0.25, -0.2) is 0 Å². The third kappa shape index (κ3) is 4.38. The van der Waals surface area contributed by atoms with Gasteiger partial charge >= 0.3 is 0 Å². The number of nitrogens with zero attached hydrogens (tertiary/aromatic N) is 1. The van der Waals surface area contributed by atoms with Gasteiger partial charge in [0.2, 0.25) is 0 Å². The van der Waals surface area contributed by atoms with E-state index in [1.807, 2.05) is 11.3 Å². The van der Waals surface area contributed by atoms with Gasteiger partial charge in [0.05, 0.1) is 5.69 Å². The fourth-order valence-corrected chi connectivity index (χ4v) is 8.28. The molecule has 0 N–H and O–H groups in total. The molecule has 0 bridgehead atoms. The third-order valence-corrected chi connectivity index (χ3v) is 10.3. The lowest BCUT2D eigenvalue weighted by atomic mass is 9.98. The summed E-state index contributed by atoms with van der Waals surface area (Å²) < 4.78 is 2.67. The largest absolute Gasteiger partial charge is 0.310 e. The number of benzene rings is 8. The van der Waals surface area contributed by atoms with Crippen molar-refractivity contribution < 1.29 is 0 Å². The minimum Gasteiger partial charge on any atom is -0.310 e. The molecule has 9 rings (SSSR count). The van der Waals surface area contributed by atoms with Crippen LogP contribution in [0.1, 0.15) is 0 Å². The first-order chi connectivity index (χ1) is 22.8. The summed E-state index contributed by atoms with van der Waals surface area (Å²) in [7, 11) is 0. The number of hydrogen-bond acceptors (Lipinski definition) is 2. The summed E-state index contributed by atoms with van der Waals surface area (Å²) in [4.78, 5) is 2.39. The van der Waals surface area contributed by atoms with Crippen LogP contribution in [-0.2, 0) is 0 Å². The SMILES string of the molecule is c1ccc(-c2cccc3c2sc2c(-c4ccc(N(c5ccccc5)c5cc6ccccc6c6ccccc56)cc4)cccc23)cc1. The van der Waals surface area contributed by atoms with Gasteiger partial charge in [-0.3, -0.25) is 0 Å². The van der Waals surface area contributed by atoms with Gasteiger partial charge in [-0.05, 0) is 68.7 Å². The van der Waals surface area contributed by atoms with Crippen LogP contribution in [0.15, 0.2) is 176 Å². The van der Waals surface area contributed by atoms with E-state index in [1.54, 1.807) is 0 Å². The molecular formula is C44H29NS. The molecule has 0 atom stereocenters. The highest BCUT2D eigenvalue weighted by Gasteiger charge is 2.18. The topological polar surface area (TPSA) is 3.24 Å². The number of anilines is 3. The smallest absolute Gasteiger partial charge is 0.0546 e. The molecule has 0 radical (unpaired) electrons. The first kappa shape index (κ1) is 26.7. The van der Waals surface area contributed by atoms with Crippen molar-refractivity contribution in [3.05, 3.63) is 176 Å². The van der Waals surface area contributed by atoms with Crippen molar-refractivity contribution in [2.45, 2.75) is 0 Å². The van der Waals surface area contributed by atoms with E-state index in [-0.39, 0.29) is 0 Å². The monoisotopic (exact) mass is 603 g/mol. The molecular weight excluding hydrogens is 575 g/mol. The Hall–Kier alpha value is -5.70. The highest BCUT2D eigenvalue weighted by molar-refractivity contribution is 7.26. The lowest BCUT2D eigenvalue weighted by Gasteiger charge is -2.27. The molecule has 1 nitrogen and oxygen atoms in total. The van der Waals surface area contributed by atoms with Crippen LogP contribution < -0.4 is 4.90 Å². The zero-order valence-electron chi connectivity index (χ0n) is 25.1. The van der Waals surface area contributed by atoms with Gasteiger partial charge in [-0.15, -0.1) is 11.3 Å². The van der Waals surface area contributed by atoms with E-state index in [9.17, 15) is 0 Å². The molecule has 1 heterocycles. The molecule has 0 aliphatic rings. The predicted octanol–water partition coefficient (Wildman–Crippen LogP) is 13.2.